The predicted molar refractivity (Wildman–Crippen MR) is 206 cm³/mol. The molecule has 0 saturated carbocycles. The minimum absolute atomic E-state index is 0.186. The van der Waals surface area contributed by atoms with E-state index in [1.54, 1.807) is 6.07 Å². The molecule has 1 fully saturated rings. The molecule has 0 aromatic heterocycles. The van der Waals surface area contributed by atoms with Crippen molar-refractivity contribution < 1.29 is 18.3 Å². The Morgan fingerprint density at radius 3 is 1.73 bits per heavy atom. The normalized spacial score (nSPS) is 15.8. The van der Waals surface area contributed by atoms with Crippen molar-refractivity contribution in [3.05, 3.63) is 95.5 Å². The van der Waals surface area contributed by atoms with Gasteiger partial charge in [-0.25, -0.2) is 0 Å². The van der Waals surface area contributed by atoms with Crippen LogP contribution in [0.15, 0.2) is 105 Å². The molecule has 3 aliphatic rings. The van der Waals surface area contributed by atoms with E-state index >= 15 is 0 Å². The smallest absolute Gasteiger partial charge is 0.395 e. The van der Waals surface area contributed by atoms with Gasteiger partial charge in [0.2, 0.25) is 0 Å². The standard InChI is InChI=1S/C22H26F3N3OS.C17H19ClN2S/c23-22(24,25)17-6-7-21-19(16-17)28(18-4-1-2-5-20(18)30-21)9-3-8-26-10-12-27(13-11-26)14-15-29;1-19(2)10-5-11-20-14-6-3-4-7-16(14)21-17-9-8-13(18)12-15(17)20/h1-2,4-7,16,29H,3,8-15H2;3-4,6-9,12H,5,10-11H2,1-2H3. The number of nitrogens with zero attached hydrogens (tertiary/aromatic N) is 5. The molecule has 3 heterocycles. The quantitative estimate of drug-likeness (QED) is 0.172. The molecule has 0 atom stereocenters. The van der Waals surface area contributed by atoms with Gasteiger partial charge in [-0.15, -0.1) is 0 Å². The van der Waals surface area contributed by atoms with E-state index in [9.17, 15) is 13.2 Å². The van der Waals surface area contributed by atoms with Crippen molar-refractivity contribution in [3.63, 3.8) is 0 Å². The van der Waals surface area contributed by atoms with Gasteiger partial charge in [0.15, 0.2) is 0 Å². The first-order valence-corrected chi connectivity index (χ1v) is 19.4. The van der Waals surface area contributed by atoms with Crippen LogP contribution in [0.4, 0.5) is 35.9 Å². The van der Waals surface area contributed by atoms with Crippen molar-refractivity contribution in [2.45, 2.75) is 38.6 Å². The van der Waals surface area contributed by atoms with Crippen LogP contribution < -0.4 is 9.80 Å². The van der Waals surface area contributed by atoms with Crippen LogP contribution in [0.5, 0.6) is 0 Å². The first kappa shape index (κ1) is 37.8. The van der Waals surface area contributed by atoms with Crippen LogP contribution in [0.25, 0.3) is 0 Å². The van der Waals surface area contributed by atoms with Crippen molar-refractivity contribution >= 4 is 57.9 Å². The lowest BCUT2D eigenvalue weighted by Gasteiger charge is -2.36. The van der Waals surface area contributed by atoms with E-state index in [2.05, 4.69) is 70.1 Å². The topological polar surface area (TPSA) is 36.4 Å². The number of aliphatic hydroxyl groups excluding tert-OH is 1. The van der Waals surface area contributed by atoms with E-state index < -0.39 is 11.7 Å². The summed E-state index contributed by atoms with van der Waals surface area (Å²) in [5.74, 6) is 0. The summed E-state index contributed by atoms with van der Waals surface area (Å²) in [5, 5.41) is 9.86. The monoisotopic (exact) mass is 755 g/mol. The van der Waals surface area contributed by atoms with Gasteiger partial charge in [0.05, 0.1) is 34.9 Å². The highest BCUT2D eigenvalue weighted by Crippen LogP contribution is 2.50. The molecule has 1 N–H and O–H groups in total. The third-order valence-electron chi connectivity index (χ3n) is 9.27. The first-order valence-electron chi connectivity index (χ1n) is 17.4. The van der Waals surface area contributed by atoms with E-state index in [0.717, 1.165) is 79.2 Å². The van der Waals surface area contributed by atoms with Gasteiger partial charge in [-0.1, -0.05) is 59.4 Å². The number of alkyl halides is 3. The van der Waals surface area contributed by atoms with Crippen LogP contribution in [-0.4, -0.2) is 99.4 Å². The number of β-amino-alcohol motifs (C(OH)–C–C–N with tert-alkyl or cyclic N) is 1. The molecule has 272 valence electrons. The van der Waals surface area contributed by atoms with Crippen LogP contribution in [0.1, 0.15) is 18.4 Å². The molecule has 0 bridgehead atoms. The molecular formula is C39H45ClF3N5OS2. The number of halogens is 4. The SMILES string of the molecule is CN(C)CCCN1c2ccccc2Sc2ccc(Cl)cc21.OCCN1CCN(CCCN2c3ccccc3Sc3ccc(C(F)(F)F)cc32)CC1. The first-order chi connectivity index (χ1) is 24.6. The maximum Gasteiger partial charge on any atom is 0.416 e. The second-order valence-electron chi connectivity index (χ2n) is 13.2. The van der Waals surface area contributed by atoms with Crippen molar-refractivity contribution in [1.82, 2.24) is 14.7 Å². The fraction of sp³-hybridized carbons (Fsp3) is 0.385. The van der Waals surface area contributed by atoms with E-state index in [-0.39, 0.29) is 6.61 Å². The summed E-state index contributed by atoms with van der Waals surface area (Å²) in [4.78, 5) is 15.8. The number of rotatable bonds is 10. The summed E-state index contributed by atoms with van der Waals surface area (Å²) in [5.41, 5.74) is 3.52. The third kappa shape index (κ3) is 9.56. The van der Waals surface area contributed by atoms with E-state index in [4.69, 9.17) is 16.7 Å². The highest BCUT2D eigenvalue weighted by molar-refractivity contribution is 8.00. The summed E-state index contributed by atoms with van der Waals surface area (Å²) in [6, 6.07) is 26.7. The zero-order chi connectivity index (χ0) is 36.0. The highest BCUT2D eigenvalue weighted by atomic mass is 35.5. The van der Waals surface area contributed by atoms with Gasteiger partial charge >= 0.3 is 6.18 Å². The number of piperazine rings is 1. The third-order valence-corrected chi connectivity index (χ3v) is 11.8. The number of para-hydroxylation sites is 2. The number of anilines is 4. The van der Waals surface area contributed by atoms with Gasteiger partial charge in [0, 0.05) is 70.4 Å². The number of fused-ring (bicyclic) bond motifs is 4. The Bertz CT molecular complexity index is 1770. The number of hydrogen-bond acceptors (Lipinski definition) is 8. The predicted octanol–water partition coefficient (Wildman–Crippen LogP) is 9.20. The van der Waals surface area contributed by atoms with Gasteiger partial charge in [-0.05, 0) is 101 Å². The Hall–Kier alpha value is -2.90. The average Bonchev–Trinajstić information content (AvgIpc) is 3.11. The molecule has 0 spiro atoms. The van der Waals surface area contributed by atoms with Crippen molar-refractivity contribution in [2.75, 3.05) is 89.4 Å². The highest BCUT2D eigenvalue weighted by Gasteiger charge is 2.33. The number of aliphatic hydroxyl groups is 1. The molecule has 0 aliphatic carbocycles. The summed E-state index contributed by atoms with van der Waals surface area (Å²) >= 11 is 9.56. The van der Waals surface area contributed by atoms with Crippen molar-refractivity contribution in [3.8, 4) is 0 Å². The summed E-state index contributed by atoms with van der Waals surface area (Å²) in [6.45, 7) is 8.38. The van der Waals surface area contributed by atoms with Crippen LogP contribution in [0.2, 0.25) is 5.02 Å². The molecule has 4 aromatic carbocycles. The minimum atomic E-state index is -4.35. The molecular weight excluding hydrogens is 711 g/mol. The van der Waals surface area contributed by atoms with Gasteiger partial charge in [0.25, 0.3) is 0 Å². The molecule has 7 rings (SSSR count). The Balaban J connectivity index is 0.000000187. The van der Waals surface area contributed by atoms with Crippen LogP contribution in [0.3, 0.4) is 0 Å². The molecule has 1 saturated heterocycles. The largest absolute Gasteiger partial charge is 0.416 e. The van der Waals surface area contributed by atoms with Crippen LogP contribution >= 0.6 is 35.1 Å². The maximum atomic E-state index is 13.3. The van der Waals surface area contributed by atoms with Gasteiger partial charge in [-0.3, -0.25) is 4.90 Å². The maximum absolute atomic E-state index is 13.3. The molecule has 0 amide bonds. The zero-order valence-corrected chi connectivity index (χ0v) is 31.5. The second-order valence-corrected chi connectivity index (χ2v) is 15.8. The average molecular weight is 756 g/mol. The lowest BCUT2D eigenvalue weighted by atomic mass is 10.1. The van der Waals surface area contributed by atoms with Crippen LogP contribution in [-0.2, 0) is 6.18 Å². The summed E-state index contributed by atoms with van der Waals surface area (Å²) < 4.78 is 39.9. The van der Waals surface area contributed by atoms with Gasteiger partial charge in [0.1, 0.15) is 0 Å². The zero-order valence-electron chi connectivity index (χ0n) is 29.1. The fourth-order valence-electron chi connectivity index (χ4n) is 6.67. The van der Waals surface area contributed by atoms with Crippen molar-refractivity contribution in [1.29, 1.82) is 0 Å². The molecule has 4 aromatic rings. The molecule has 51 heavy (non-hydrogen) atoms. The van der Waals surface area contributed by atoms with E-state index in [0.29, 0.717) is 18.8 Å². The Morgan fingerprint density at radius 1 is 0.647 bits per heavy atom. The van der Waals surface area contributed by atoms with Crippen LogP contribution in [0, 0.1) is 0 Å². The van der Waals surface area contributed by atoms with Gasteiger partial charge in [-0.2, -0.15) is 13.2 Å². The van der Waals surface area contributed by atoms with E-state index in [1.807, 2.05) is 47.0 Å². The molecule has 6 nitrogen and oxygen atoms in total. The number of benzene rings is 4. The molecule has 0 unspecified atom stereocenters. The molecule has 3 aliphatic heterocycles. The summed E-state index contributed by atoms with van der Waals surface area (Å²) in [6.07, 6.45) is -2.36. The Morgan fingerprint density at radius 2 is 1.16 bits per heavy atom. The summed E-state index contributed by atoms with van der Waals surface area (Å²) in [7, 11) is 4.23. The minimum Gasteiger partial charge on any atom is -0.395 e. The molecule has 12 heteroatoms. The van der Waals surface area contributed by atoms with E-state index in [1.165, 1.54) is 45.1 Å². The second kappa shape index (κ2) is 17.3. The molecule has 0 radical (unpaired) electrons. The Labute approximate surface area is 313 Å². The van der Waals surface area contributed by atoms with Gasteiger partial charge < -0.3 is 24.7 Å². The Kier molecular flexibility index (Phi) is 12.8. The lowest BCUT2D eigenvalue weighted by molar-refractivity contribution is -0.137. The lowest BCUT2D eigenvalue weighted by Crippen LogP contribution is -2.47. The fourth-order valence-corrected chi connectivity index (χ4v) is 8.98. The number of hydrogen-bond donors (Lipinski definition) is 1. The van der Waals surface area contributed by atoms with Crippen molar-refractivity contribution in [2.24, 2.45) is 0 Å².